The van der Waals surface area contributed by atoms with Gasteiger partial charge in [-0.15, -0.1) is 0 Å². The van der Waals surface area contributed by atoms with Gasteiger partial charge in [0.2, 0.25) is 15.9 Å². The molecule has 3 aromatic carbocycles. The van der Waals surface area contributed by atoms with E-state index in [1.807, 2.05) is 12.1 Å². The maximum atomic E-state index is 13.8. The molecule has 2 unspecified atom stereocenters. The van der Waals surface area contributed by atoms with Gasteiger partial charge in [-0.05, 0) is 65.4 Å². The number of aliphatic carboxylic acids is 1. The number of guanidine groups is 1. The molecule has 0 aliphatic carbocycles. The summed E-state index contributed by atoms with van der Waals surface area (Å²) in [5.41, 5.74) is 12.1. The average Bonchev–Trinajstić information content (AvgIpc) is 2.96. The number of benzene rings is 3. The van der Waals surface area contributed by atoms with Gasteiger partial charge in [0.25, 0.3) is 0 Å². The summed E-state index contributed by atoms with van der Waals surface area (Å²) in [7, 11) is -1.24. The van der Waals surface area contributed by atoms with Crippen LogP contribution < -0.4 is 25.7 Å². The Kier molecular flexibility index (Phi) is 8.98. The van der Waals surface area contributed by atoms with Crippen LogP contribution in [0.25, 0.3) is 10.8 Å². The molecule has 1 amide bonds. The molecule has 2 atom stereocenters. The number of hydrogen-bond donors (Lipinski definition) is 4. The molecule has 3 aromatic rings. The molecular formula is C28H33N5O7S. The van der Waals surface area contributed by atoms with Crippen LogP contribution in [0.1, 0.15) is 30.0 Å². The topological polar surface area (TPSA) is 187 Å². The number of carboxylic acid groups (broad SMARTS) is 1. The molecule has 0 bridgehead atoms. The maximum Gasteiger partial charge on any atom is 0.331 e. The highest BCUT2D eigenvalue weighted by Gasteiger charge is 2.39. The molecule has 0 saturated carbocycles. The molecule has 6 N–H and O–H groups in total. The molecule has 0 spiro atoms. The molecule has 13 heteroatoms. The van der Waals surface area contributed by atoms with Crippen molar-refractivity contribution in [2.75, 3.05) is 27.3 Å². The van der Waals surface area contributed by atoms with Crippen molar-refractivity contribution < 1.29 is 32.6 Å². The molecular weight excluding hydrogens is 550 g/mol. The number of ether oxygens (including phenoxy) is 2. The molecule has 218 valence electrons. The number of fused-ring (bicyclic) bond motifs is 2. The van der Waals surface area contributed by atoms with E-state index in [0.717, 1.165) is 10.9 Å². The van der Waals surface area contributed by atoms with Crippen molar-refractivity contribution in [3.63, 3.8) is 0 Å². The molecule has 0 fully saturated rings. The van der Waals surface area contributed by atoms with Gasteiger partial charge in [-0.1, -0.05) is 30.3 Å². The van der Waals surface area contributed by atoms with Crippen molar-refractivity contribution in [2.24, 2.45) is 16.5 Å². The second kappa shape index (κ2) is 12.4. The number of aliphatic imine (C=N–C) groups is 1. The molecule has 0 aromatic heterocycles. The predicted octanol–water partition coefficient (Wildman–Crippen LogP) is 1.77. The largest absolute Gasteiger partial charge is 0.493 e. The highest BCUT2D eigenvalue weighted by atomic mass is 32.2. The highest BCUT2D eigenvalue weighted by Crippen LogP contribution is 2.34. The number of hydrogen-bond acceptors (Lipinski definition) is 7. The summed E-state index contributed by atoms with van der Waals surface area (Å²) in [4.78, 5) is 31.2. The summed E-state index contributed by atoms with van der Waals surface area (Å²) in [6, 6.07) is 12.4. The zero-order valence-corrected chi connectivity index (χ0v) is 23.6. The number of carboxylic acids is 1. The van der Waals surface area contributed by atoms with E-state index in [4.69, 9.17) is 20.9 Å². The van der Waals surface area contributed by atoms with Crippen molar-refractivity contribution in [1.29, 1.82) is 0 Å². The number of carbonyl (C=O) groups excluding carboxylic acids is 1. The van der Waals surface area contributed by atoms with Gasteiger partial charge in [-0.25, -0.2) is 13.2 Å². The molecule has 0 radical (unpaired) electrons. The molecule has 1 aliphatic rings. The monoisotopic (exact) mass is 583 g/mol. The third-order valence-corrected chi connectivity index (χ3v) is 8.43. The van der Waals surface area contributed by atoms with E-state index >= 15 is 0 Å². The number of nitrogens with two attached hydrogens (primary N) is 2. The second-order valence-corrected chi connectivity index (χ2v) is 11.3. The smallest absolute Gasteiger partial charge is 0.331 e. The van der Waals surface area contributed by atoms with Crippen LogP contribution in [0, 0.1) is 0 Å². The Labute approximate surface area is 238 Å². The van der Waals surface area contributed by atoms with E-state index in [9.17, 15) is 23.1 Å². The normalized spacial score (nSPS) is 15.6. The van der Waals surface area contributed by atoms with Crippen LogP contribution in [0.4, 0.5) is 0 Å². The SMILES string of the molecule is COc1cc2ccc(S(=O)(=O)NC(CCCN=C(N)N)C(=O)N3CCc4ccccc4C3C(=O)O)cc2cc1OC. The maximum absolute atomic E-state index is 13.8. The van der Waals surface area contributed by atoms with Crippen molar-refractivity contribution >= 4 is 38.6 Å². The summed E-state index contributed by atoms with van der Waals surface area (Å²) in [5.74, 6) is -1.05. The minimum atomic E-state index is -4.22. The molecule has 0 saturated heterocycles. The lowest BCUT2D eigenvalue weighted by Crippen LogP contribution is -2.52. The number of methoxy groups -OCH3 is 2. The lowest BCUT2D eigenvalue weighted by Gasteiger charge is -2.37. The van der Waals surface area contributed by atoms with Crippen LogP contribution in [0.2, 0.25) is 0 Å². The summed E-state index contributed by atoms with van der Waals surface area (Å²) < 4.78 is 40.3. The first-order chi connectivity index (χ1) is 19.6. The predicted molar refractivity (Wildman–Crippen MR) is 153 cm³/mol. The van der Waals surface area contributed by atoms with Gasteiger partial charge in [0.1, 0.15) is 6.04 Å². The van der Waals surface area contributed by atoms with Gasteiger partial charge < -0.3 is 30.9 Å². The zero-order chi connectivity index (χ0) is 29.7. The number of rotatable bonds is 11. The number of amides is 1. The van der Waals surface area contributed by atoms with Crippen LogP contribution in [-0.2, 0) is 26.0 Å². The van der Waals surface area contributed by atoms with Crippen molar-refractivity contribution in [3.8, 4) is 11.5 Å². The Bertz CT molecular complexity index is 1590. The third kappa shape index (κ3) is 6.52. The number of nitrogens with one attached hydrogen (secondary N) is 1. The standard InChI is InChI=1S/C28H33N5O7S/c1-39-23-15-18-9-10-20(14-19(18)16-24(23)40-2)41(37,38)32-22(8-5-12-31-28(29)30)26(34)33-13-11-17-6-3-4-7-21(17)25(33)27(35)36/h3-4,6-7,9-10,14-16,22,25,32H,5,8,11-13H2,1-2H3,(H,35,36)(H4,29,30,31). The Hall–Kier alpha value is -4.36. The van der Waals surface area contributed by atoms with E-state index in [1.165, 1.54) is 31.3 Å². The van der Waals surface area contributed by atoms with Crippen molar-refractivity contribution in [1.82, 2.24) is 9.62 Å². The van der Waals surface area contributed by atoms with Gasteiger partial charge in [0.15, 0.2) is 23.5 Å². The summed E-state index contributed by atoms with van der Waals surface area (Å²) in [6.45, 7) is 0.285. The summed E-state index contributed by atoms with van der Waals surface area (Å²) in [6.07, 6.45) is 0.751. The van der Waals surface area contributed by atoms with Gasteiger partial charge in [0.05, 0.1) is 19.1 Å². The van der Waals surface area contributed by atoms with Gasteiger partial charge in [0, 0.05) is 13.1 Å². The van der Waals surface area contributed by atoms with Gasteiger partial charge in [-0.3, -0.25) is 9.79 Å². The molecule has 12 nitrogen and oxygen atoms in total. The minimum Gasteiger partial charge on any atom is -0.493 e. The number of nitrogens with zero attached hydrogens (tertiary/aromatic N) is 2. The first-order valence-electron chi connectivity index (χ1n) is 12.9. The Morgan fingerprint density at radius 2 is 1.76 bits per heavy atom. The Morgan fingerprint density at radius 1 is 1.07 bits per heavy atom. The van der Waals surface area contributed by atoms with E-state index < -0.39 is 34.0 Å². The fourth-order valence-corrected chi connectivity index (χ4v) is 6.24. The number of carbonyl (C=O) groups is 2. The van der Waals surface area contributed by atoms with Crippen molar-refractivity contribution in [2.45, 2.75) is 36.2 Å². The molecule has 1 aliphatic heterocycles. The van der Waals surface area contributed by atoms with E-state index in [-0.39, 0.29) is 36.8 Å². The first kappa shape index (κ1) is 29.6. The molecule has 41 heavy (non-hydrogen) atoms. The van der Waals surface area contributed by atoms with E-state index in [1.54, 1.807) is 30.3 Å². The van der Waals surface area contributed by atoms with Crippen LogP contribution >= 0.6 is 0 Å². The lowest BCUT2D eigenvalue weighted by molar-refractivity contribution is -0.152. The van der Waals surface area contributed by atoms with Crippen LogP contribution in [0.5, 0.6) is 11.5 Å². The van der Waals surface area contributed by atoms with E-state index in [2.05, 4.69) is 9.71 Å². The quantitative estimate of drug-likeness (QED) is 0.148. The van der Waals surface area contributed by atoms with Gasteiger partial charge in [-0.2, -0.15) is 4.72 Å². The van der Waals surface area contributed by atoms with E-state index in [0.29, 0.717) is 28.9 Å². The molecule has 4 rings (SSSR count). The fraction of sp³-hybridized carbons (Fsp3) is 0.321. The Morgan fingerprint density at radius 3 is 2.41 bits per heavy atom. The van der Waals surface area contributed by atoms with Gasteiger partial charge >= 0.3 is 5.97 Å². The van der Waals surface area contributed by atoms with Crippen LogP contribution in [0.3, 0.4) is 0 Å². The second-order valence-electron chi connectivity index (χ2n) is 9.56. The van der Waals surface area contributed by atoms with Crippen LogP contribution in [-0.4, -0.2) is 69.6 Å². The average molecular weight is 584 g/mol. The Balaban J connectivity index is 1.66. The third-order valence-electron chi connectivity index (χ3n) is 6.97. The fourth-order valence-electron chi connectivity index (χ4n) is 4.98. The highest BCUT2D eigenvalue weighted by molar-refractivity contribution is 7.89. The molecule has 1 heterocycles. The number of sulfonamides is 1. The minimum absolute atomic E-state index is 0.0396. The zero-order valence-electron chi connectivity index (χ0n) is 22.7. The first-order valence-corrected chi connectivity index (χ1v) is 14.4. The lowest BCUT2D eigenvalue weighted by atomic mass is 9.92. The summed E-state index contributed by atoms with van der Waals surface area (Å²) >= 11 is 0. The van der Waals surface area contributed by atoms with Crippen LogP contribution in [0.15, 0.2) is 64.5 Å². The van der Waals surface area contributed by atoms with Crippen molar-refractivity contribution in [3.05, 3.63) is 65.7 Å². The summed E-state index contributed by atoms with van der Waals surface area (Å²) in [5, 5.41) is 11.4.